The van der Waals surface area contributed by atoms with Crippen molar-refractivity contribution < 1.29 is 9.90 Å². The number of aliphatic hydroxyl groups excluding tert-OH is 1. The van der Waals surface area contributed by atoms with Gasteiger partial charge in [0.05, 0.1) is 6.10 Å². The fourth-order valence-electron chi connectivity index (χ4n) is 1.80. The Balaban J connectivity index is 2.24. The van der Waals surface area contributed by atoms with Crippen molar-refractivity contribution in [3.05, 3.63) is 0 Å². The molecule has 1 amide bonds. The van der Waals surface area contributed by atoms with E-state index in [4.69, 9.17) is 5.11 Å². The van der Waals surface area contributed by atoms with Gasteiger partial charge in [-0.15, -0.1) is 0 Å². The smallest absolute Gasteiger partial charge is 0.220 e. The second-order valence-corrected chi connectivity index (χ2v) is 5.20. The van der Waals surface area contributed by atoms with Crippen LogP contribution in [0.25, 0.3) is 0 Å². The summed E-state index contributed by atoms with van der Waals surface area (Å²) in [4.78, 5) is 11.6. The molecule has 1 aliphatic rings. The van der Waals surface area contributed by atoms with Crippen molar-refractivity contribution in [2.24, 2.45) is 5.41 Å². The highest BCUT2D eigenvalue weighted by Gasteiger charge is 2.42. The summed E-state index contributed by atoms with van der Waals surface area (Å²) in [7, 11) is 0. The molecule has 0 spiro atoms. The van der Waals surface area contributed by atoms with Crippen molar-refractivity contribution in [3.8, 4) is 0 Å². The quantitative estimate of drug-likeness (QED) is 0.605. The summed E-state index contributed by atoms with van der Waals surface area (Å²) < 4.78 is 0. The third-order valence-corrected chi connectivity index (χ3v) is 3.60. The van der Waals surface area contributed by atoms with E-state index in [1.807, 2.05) is 6.92 Å². The van der Waals surface area contributed by atoms with Crippen LogP contribution in [0.2, 0.25) is 0 Å². The molecule has 0 bridgehead atoms. The monoisotopic (exact) mass is 231 g/mol. The second kappa shape index (κ2) is 5.21. The topological polar surface area (TPSA) is 49.3 Å². The maximum absolute atomic E-state index is 11.6. The van der Waals surface area contributed by atoms with Gasteiger partial charge in [0.25, 0.3) is 0 Å². The van der Waals surface area contributed by atoms with E-state index in [2.05, 4.69) is 17.9 Å². The zero-order valence-electron chi connectivity index (χ0n) is 9.49. The normalized spacial score (nSPS) is 21.9. The van der Waals surface area contributed by atoms with Crippen LogP contribution in [0.4, 0.5) is 0 Å². The first kappa shape index (κ1) is 12.8. The van der Waals surface area contributed by atoms with Gasteiger partial charge in [0.1, 0.15) is 0 Å². The Morgan fingerprint density at radius 2 is 2.13 bits per heavy atom. The summed E-state index contributed by atoms with van der Waals surface area (Å²) in [6, 6.07) is 0.0493. The van der Waals surface area contributed by atoms with Crippen LogP contribution in [-0.4, -0.2) is 28.9 Å². The Morgan fingerprint density at radius 1 is 1.53 bits per heavy atom. The van der Waals surface area contributed by atoms with Crippen LogP contribution < -0.4 is 5.32 Å². The Kier molecular flexibility index (Phi) is 4.46. The van der Waals surface area contributed by atoms with E-state index < -0.39 is 0 Å². The zero-order chi connectivity index (χ0) is 11.5. The summed E-state index contributed by atoms with van der Waals surface area (Å²) in [6.07, 6.45) is 3.07. The molecule has 15 heavy (non-hydrogen) atoms. The van der Waals surface area contributed by atoms with Gasteiger partial charge in [-0.2, -0.15) is 12.6 Å². The third kappa shape index (κ3) is 4.43. The SMILES string of the molecule is CC(O)CC(C)NC(=O)CC1(CS)CC1. The van der Waals surface area contributed by atoms with Gasteiger partial charge >= 0.3 is 0 Å². The number of nitrogens with one attached hydrogen (secondary N) is 1. The van der Waals surface area contributed by atoms with Gasteiger partial charge in [-0.3, -0.25) is 4.79 Å². The van der Waals surface area contributed by atoms with Crippen LogP contribution >= 0.6 is 12.6 Å². The minimum absolute atomic E-state index is 0.0493. The van der Waals surface area contributed by atoms with Crippen molar-refractivity contribution in [2.45, 2.75) is 51.7 Å². The Bertz CT molecular complexity index is 227. The number of aliphatic hydroxyl groups is 1. The highest BCUT2D eigenvalue weighted by Crippen LogP contribution is 2.49. The molecule has 0 aromatic carbocycles. The van der Waals surface area contributed by atoms with E-state index in [1.54, 1.807) is 6.92 Å². The molecule has 0 radical (unpaired) electrons. The molecule has 0 heterocycles. The number of thiol groups is 1. The number of carbonyl (C=O) groups excluding carboxylic acids is 1. The van der Waals surface area contributed by atoms with Gasteiger partial charge in [0.2, 0.25) is 5.91 Å². The molecule has 0 aromatic heterocycles. The summed E-state index contributed by atoms with van der Waals surface area (Å²) in [5, 5.41) is 12.1. The maximum atomic E-state index is 11.6. The molecular formula is C11H21NO2S. The van der Waals surface area contributed by atoms with Crippen LogP contribution in [0.5, 0.6) is 0 Å². The van der Waals surface area contributed by atoms with Crippen LogP contribution in [-0.2, 0) is 4.79 Å². The van der Waals surface area contributed by atoms with Crippen LogP contribution in [0.15, 0.2) is 0 Å². The molecule has 1 rings (SSSR count). The largest absolute Gasteiger partial charge is 0.393 e. The average Bonchev–Trinajstić information content (AvgIpc) is 2.83. The average molecular weight is 231 g/mol. The number of carbonyl (C=O) groups is 1. The van der Waals surface area contributed by atoms with Gasteiger partial charge in [-0.25, -0.2) is 0 Å². The summed E-state index contributed by atoms with van der Waals surface area (Å²) in [6.45, 7) is 3.66. The van der Waals surface area contributed by atoms with Crippen LogP contribution in [0.3, 0.4) is 0 Å². The predicted molar refractivity (Wildman–Crippen MR) is 64.0 cm³/mol. The number of hydrogen-bond acceptors (Lipinski definition) is 3. The van der Waals surface area contributed by atoms with E-state index in [0.29, 0.717) is 12.8 Å². The highest BCUT2D eigenvalue weighted by molar-refractivity contribution is 7.80. The van der Waals surface area contributed by atoms with Gasteiger partial charge < -0.3 is 10.4 Å². The van der Waals surface area contributed by atoms with Crippen molar-refractivity contribution in [1.82, 2.24) is 5.32 Å². The lowest BCUT2D eigenvalue weighted by molar-refractivity contribution is -0.122. The summed E-state index contributed by atoms with van der Waals surface area (Å²) in [5.41, 5.74) is 0.178. The molecule has 0 saturated heterocycles. The van der Waals surface area contributed by atoms with Gasteiger partial charge in [0.15, 0.2) is 0 Å². The zero-order valence-corrected chi connectivity index (χ0v) is 10.4. The van der Waals surface area contributed by atoms with Gasteiger partial charge in [-0.1, -0.05) is 0 Å². The van der Waals surface area contributed by atoms with Crippen molar-refractivity contribution in [1.29, 1.82) is 0 Å². The first-order valence-electron chi connectivity index (χ1n) is 5.56. The van der Waals surface area contributed by atoms with Crippen molar-refractivity contribution >= 4 is 18.5 Å². The fourth-order valence-corrected chi connectivity index (χ4v) is 2.23. The first-order valence-corrected chi connectivity index (χ1v) is 6.19. The molecule has 4 heteroatoms. The lowest BCUT2D eigenvalue weighted by atomic mass is 10.0. The number of hydrogen-bond donors (Lipinski definition) is 3. The molecule has 2 atom stereocenters. The summed E-state index contributed by atoms with van der Waals surface area (Å²) >= 11 is 4.26. The van der Waals surface area contributed by atoms with E-state index in [1.165, 1.54) is 0 Å². The van der Waals surface area contributed by atoms with Gasteiger partial charge in [-0.05, 0) is 44.3 Å². The van der Waals surface area contributed by atoms with Crippen molar-refractivity contribution in [2.75, 3.05) is 5.75 Å². The fraction of sp³-hybridized carbons (Fsp3) is 0.909. The lowest BCUT2D eigenvalue weighted by Gasteiger charge is -2.17. The molecule has 2 unspecified atom stereocenters. The second-order valence-electron chi connectivity index (χ2n) is 4.89. The molecular weight excluding hydrogens is 210 g/mol. The third-order valence-electron chi connectivity index (χ3n) is 2.93. The summed E-state index contributed by atoms with van der Waals surface area (Å²) in [5.74, 6) is 0.889. The predicted octanol–water partition coefficient (Wildman–Crippen LogP) is 1.36. The van der Waals surface area contributed by atoms with E-state index >= 15 is 0 Å². The number of amides is 1. The molecule has 0 aliphatic heterocycles. The lowest BCUT2D eigenvalue weighted by Crippen LogP contribution is -2.36. The molecule has 3 nitrogen and oxygen atoms in total. The molecule has 2 N–H and O–H groups in total. The Morgan fingerprint density at radius 3 is 2.53 bits per heavy atom. The first-order chi connectivity index (χ1) is 6.97. The van der Waals surface area contributed by atoms with Crippen LogP contribution in [0.1, 0.15) is 39.5 Å². The standard InChI is InChI=1S/C11H21NO2S/c1-8(5-9(2)13)12-10(14)6-11(7-15)3-4-11/h8-9,13,15H,3-7H2,1-2H3,(H,12,14). The minimum atomic E-state index is -0.361. The Hall–Kier alpha value is -0.220. The maximum Gasteiger partial charge on any atom is 0.220 e. The molecule has 88 valence electrons. The highest BCUT2D eigenvalue weighted by atomic mass is 32.1. The molecule has 1 aliphatic carbocycles. The molecule has 1 fully saturated rings. The van der Waals surface area contributed by atoms with E-state index in [-0.39, 0.29) is 23.5 Å². The van der Waals surface area contributed by atoms with E-state index in [0.717, 1.165) is 18.6 Å². The van der Waals surface area contributed by atoms with Crippen LogP contribution in [0, 0.1) is 5.41 Å². The Labute approximate surface area is 97.0 Å². The molecule has 1 saturated carbocycles. The van der Waals surface area contributed by atoms with Gasteiger partial charge in [0, 0.05) is 12.5 Å². The number of rotatable bonds is 6. The minimum Gasteiger partial charge on any atom is -0.393 e. The molecule has 0 aromatic rings. The van der Waals surface area contributed by atoms with E-state index in [9.17, 15) is 4.79 Å². The van der Waals surface area contributed by atoms with Crippen molar-refractivity contribution in [3.63, 3.8) is 0 Å².